The van der Waals surface area contributed by atoms with E-state index in [0.29, 0.717) is 73.8 Å². The minimum atomic E-state index is -0.767. The van der Waals surface area contributed by atoms with Crippen LogP contribution in [0.15, 0.2) is 60.8 Å². The van der Waals surface area contributed by atoms with E-state index in [2.05, 4.69) is 10.6 Å². The summed E-state index contributed by atoms with van der Waals surface area (Å²) < 4.78 is 27.2. The van der Waals surface area contributed by atoms with Gasteiger partial charge in [0.05, 0.1) is 20.1 Å². The first-order valence-electron chi connectivity index (χ1n) is 15.6. The van der Waals surface area contributed by atoms with E-state index in [9.17, 15) is 23.6 Å². The second kappa shape index (κ2) is 14.9. The SMILES string of the molecule is COc1ccc2cc1O[C@H]1C[C@@H](C(=O)NCCCCN(C(=O)Cc3cccc(F)c3)CCCNC2=O)N(C(=O)c2cccn2C)C1. The lowest BCUT2D eigenvalue weighted by Gasteiger charge is -2.24. The molecule has 2 atom stereocenters. The largest absolute Gasteiger partial charge is 0.493 e. The number of aryl methyl sites for hydroxylation is 1. The summed E-state index contributed by atoms with van der Waals surface area (Å²) in [4.78, 5) is 56.6. The Balaban J connectivity index is 1.36. The maximum absolute atomic E-state index is 13.7. The monoisotopic (exact) mass is 633 g/mol. The van der Waals surface area contributed by atoms with Crippen molar-refractivity contribution < 1.29 is 33.0 Å². The van der Waals surface area contributed by atoms with Crippen molar-refractivity contribution in [1.29, 1.82) is 0 Å². The molecule has 46 heavy (non-hydrogen) atoms. The van der Waals surface area contributed by atoms with E-state index in [1.54, 1.807) is 65.2 Å². The van der Waals surface area contributed by atoms with E-state index < -0.39 is 18.0 Å². The lowest BCUT2D eigenvalue weighted by Crippen LogP contribution is -2.46. The normalized spacial score (nSPS) is 19.6. The highest BCUT2D eigenvalue weighted by Crippen LogP contribution is 2.32. The fourth-order valence-electron chi connectivity index (χ4n) is 5.90. The van der Waals surface area contributed by atoms with Crippen LogP contribution in [0, 0.1) is 5.82 Å². The highest BCUT2D eigenvalue weighted by molar-refractivity contribution is 5.97. The van der Waals surface area contributed by atoms with Crippen molar-refractivity contribution in [3.63, 3.8) is 0 Å². The summed E-state index contributed by atoms with van der Waals surface area (Å²) in [6, 6.07) is 13.6. The lowest BCUT2D eigenvalue weighted by atomic mass is 10.1. The number of nitrogens with one attached hydrogen (secondary N) is 2. The zero-order chi connectivity index (χ0) is 32.6. The fourth-order valence-corrected chi connectivity index (χ4v) is 5.90. The number of benzene rings is 2. The molecule has 4 amide bonds. The molecule has 1 fully saturated rings. The molecule has 1 aromatic heterocycles. The van der Waals surface area contributed by atoms with Gasteiger partial charge in [-0.15, -0.1) is 0 Å². The van der Waals surface area contributed by atoms with Crippen LogP contribution < -0.4 is 20.1 Å². The number of hydrogen-bond donors (Lipinski definition) is 2. The third-order valence-corrected chi connectivity index (χ3v) is 8.35. The summed E-state index contributed by atoms with van der Waals surface area (Å²) >= 11 is 0. The molecule has 1 saturated heterocycles. The fraction of sp³-hybridized carbons (Fsp3) is 0.412. The van der Waals surface area contributed by atoms with Crippen molar-refractivity contribution in [3.8, 4) is 11.5 Å². The molecule has 3 heterocycles. The average molecular weight is 634 g/mol. The van der Waals surface area contributed by atoms with Gasteiger partial charge in [-0.2, -0.15) is 0 Å². The summed E-state index contributed by atoms with van der Waals surface area (Å²) in [6.07, 6.45) is 3.31. The van der Waals surface area contributed by atoms with Crippen LogP contribution in [-0.2, 0) is 23.1 Å². The third kappa shape index (κ3) is 7.85. The van der Waals surface area contributed by atoms with Gasteiger partial charge in [-0.25, -0.2) is 4.39 Å². The number of halogens is 1. The Morgan fingerprint density at radius 1 is 1.00 bits per heavy atom. The van der Waals surface area contributed by atoms with Crippen molar-refractivity contribution in [2.45, 2.75) is 44.2 Å². The maximum Gasteiger partial charge on any atom is 0.271 e. The summed E-state index contributed by atoms with van der Waals surface area (Å²) in [5.74, 6) is -0.673. The van der Waals surface area contributed by atoms with Crippen LogP contribution in [0.3, 0.4) is 0 Å². The third-order valence-electron chi connectivity index (χ3n) is 8.35. The molecule has 0 aliphatic carbocycles. The molecule has 5 rings (SSSR count). The number of methoxy groups -OCH3 is 1. The van der Waals surface area contributed by atoms with Gasteiger partial charge in [0, 0.05) is 51.4 Å². The number of amides is 4. The smallest absolute Gasteiger partial charge is 0.271 e. The van der Waals surface area contributed by atoms with Gasteiger partial charge in [0.1, 0.15) is 23.7 Å². The molecule has 2 aromatic carbocycles. The molecule has 244 valence electrons. The van der Waals surface area contributed by atoms with Crippen LogP contribution in [0.2, 0.25) is 0 Å². The number of hydrogen-bond acceptors (Lipinski definition) is 6. The zero-order valence-electron chi connectivity index (χ0n) is 26.2. The van der Waals surface area contributed by atoms with Gasteiger partial charge in [-0.05, 0) is 67.3 Å². The van der Waals surface area contributed by atoms with Crippen LogP contribution in [0.1, 0.15) is 52.1 Å². The zero-order valence-corrected chi connectivity index (χ0v) is 26.2. The van der Waals surface area contributed by atoms with Crippen LogP contribution in [0.5, 0.6) is 11.5 Å². The molecule has 0 radical (unpaired) electrons. The van der Waals surface area contributed by atoms with Crippen molar-refractivity contribution in [3.05, 3.63) is 83.4 Å². The standard InChI is InChI=1S/C34H40FN5O6/c1-38-15-6-10-27(38)34(44)40-22-26-21-28(40)33(43)37-13-3-4-16-39(31(41)19-23-8-5-9-25(35)18-23)17-7-14-36-32(42)24-11-12-29(45-2)30(20-24)46-26/h5-6,8-12,15,18,20,26,28H,3-4,7,13-14,16-17,19,21-22H2,1-2H3,(H,36,42)(H,37,43)/t26-,28-/m0/s1. The Bertz CT molecular complexity index is 1570. The van der Waals surface area contributed by atoms with Gasteiger partial charge in [0.25, 0.3) is 11.8 Å². The molecule has 2 N–H and O–H groups in total. The maximum atomic E-state index is 13.7. The number of likely N-dealkylation sites (tertiary alicyclic amines) is 1. The van der Waals surface area contributed by atoms with Gasteiger partial charge in [0.2, 0.25) is 11.8 Å². The van der Waals surface area contributed by atoms with Crippen LogP contribution in [-0.4, -0.2) is 90.0 Å². The van der Waals surface area contributed by atoms with Crippen LogP contribution in [0.4, 0.5) is 4.39 Å². The first kappa shape index (κ1) is 32.5. The predicted molar refractivity (Wildman–Crippen MR) is 168 cm³/mol. The molecule has 3 aromatic rings. The Kier molecular flexibility index (Phi) is 10.6. The molecule has 0 unspecified atom stereocenters. The molecule has 2 aliphatic rings. The molecule has 2 aliphatic heterocycles. The average Bonchev–Trinajstić information content (AvgIpc) is 3.67. The van der Waals surface area contributed by atoms with Gasteiger partial charge in [-0.3, -0.25) is 19.2 Å². The number of carbonyl (C=O) groups excluding carboxylic acids is 4. The van der Waals surface area contributed by atoms with E-state index in [1.165, 1.54) is 24.1 Å². The van der Waals surface area contributed by atoms with Crippen molar-refractivity contribution in [1.82, 2.24) is 25.0 Å². The van der Waals surface area contributed by atoms with E-state index in [1.807, 2.05) is 0 Å². The molecule has 4 bridgehead atoms. The van der Waals surface area contributed by atoms with Crippen molar-refractivity contribution in [2.75, 3.05) is 39.8 Å². The number of fused-ring (bicyclic) bond motifs is 4. The predicted octanol–water partition coefficient (Wildman–Crippen LogP) is 2.94. The molecular weight excluding hydrogens is 593 g/mol. The van der Waals surface area contributed by atoms with E-state index in [0.717, 1.165) is 0 Å². The van der Waals surface area contributed by atoms with Gasteiger partial charge in [-0.1, -0.05) is 12.1 Å². The second-order valence-electron chi connectivity index (χ2n) is 11.6. The van der Waals surface area contributed by atoms with Gasteiger partial charge < -0.3 is 34.5 Å². The number of nitrogens with zero attached hydrogens (tertiary/aromatic N) is 3. The van der Waals surface area contributed by atoms with Crippen LogP contribution >= 0.6 is 0 Å². The second-order valence-corrected chi connectivity index (χ2v) is 11.6. The quantitative estimate of drug-likeness (QED) is 0.456. The molecular formula is C34H40FN5O6. The van der Waals surface area contributed by atoms with Crippen molar-refractivity contribution in [2.24, 2.45) is 7.05 Å². The number of ether oxygens (including phenoxy) is 2. The number of carbonyl (C=O) groups is 4. The van der Waals surface area contributed by atoms with E-state index >= 15 is 0 Å². The summed E-state index contributed by atoms with van der Waals surface area (Å²) in [5.41, 5.74) is 1.40. The van der Waals surface area contributed by atoms with Gasteiger partial charge >= 0.3 is 0 Å². The van der Waals surface area contributed by atoms with E-state index in [-0.39, 0.29) is 43.0 Å². The minimum Gasteiger partial charge on any atom is -0.493 e. The minimum absolute atomic E-state index is 0.0589. The molecule has 0 saturated carbocycles. The highest BCUT2D eigenvalue weighted by atomic mass is 19.1. The summed E-state index contributed by atoms with van der Waals surface area (Å²) in [5, 5.41) is 5.88. The first-order valence-corrected chi connectivity index (χ1v) is 15.6. The Hall–Kier alpha value is -4.87. The topological polar surface area (TPSA) is 122 Å². The Morgan fingerprint density at radius 3 is 2.57 bits per heavy atom. The van der Waals surface area contributed by atoms with Crippen molar-refractivity contribution >= 4 is 23.6 Å². The number of rotatable bonds is 4. The summed E-state index contributed by atoms with van der Waals surface area (Å²) in [7, 11) is 3.27. The van der Waals surface area contributed by atoms with Crippen LogP contribution in [0.25, 0.3) is 0 Å². The Labute approximate surface area is 267 Å². The summed E-state index contributed by atoms with van der Waals surface area (Å²) in [6.45, 7) is 1.71. The highest BCUT2D eigenvalue weighted by Gasteiger charge is 2.41. The Morgan fingerprint density at radius 2 is 1.80 bits per heavy atom. The number of aromatic nitrogens is 1. The first-order chi connectivity index (χ1) is 22.2. The van der Waals surface area contributed by atoms with E-state index in [4.69, 9.17) is 9.47 Å². The molecule has 0 spiro atoms. The van der Waals surface area contributed by atoms with Gasteiger partial charge in [0.15, 0.2) is 11.5 Å². The lowest BCUT2D eigenvalue weighted by molar-refractivity contribution is -0.130. The molecule has 12 heteroatoms. The molecule has 11 nitrogen and oxygen atoms in total.